The van der Waals surface area contributed by atoms with Gasteiger partial charge in [0.05, 0.1) is 20.4 Å². The molecule has 0 atom stereocenters. The number of hydrogen-bond donors (Lipinski definition) is 2. The fourth-order valence-corrected chi connectivity index (χ4v) is 2.54. The maximum absolute atomic E-state index is 12.4. The standard InChI is InChI=1S/C20H21ClN2O6/c1-20(2,29-14-8-6-13(21)7-9-14)19(26)23-22-11-12-5-10-15(27-3)17(28-4)16(12)18(24)25/h5-11H,1-4H3,(H,23,26)(H,24,25)/b22-11-. The number of amides is 1. The molecule has 9 heteroatoms. The molecule has 154 valence electrons. The van der Waals surface area contributed by atoms with Gasteiger partial charge in [0.1, 0.15) is 11.3 Å². The van der Waals surface area contributed by atoms with Crippen LogP contribution in [0.2, 0.25) is 5.02 Å². The van der Waals surface area contributed by atoms with Gasteiger partial charge in [-0.15, -0.1) is 0 Å². The Morgan fingerprint density at radius 2 is 1.76 bits per heavy atom. The summed E-state index contributed by atoms with van der Waals surface area (Å²) < 4.78 is 15.9. The number of carboxylic acid groups (broad SMARTS) is 1. The highest BCUT2D eigenvalue weighted by molar-refractivity contribution is 6.30. The summed E-state index contributed by atoms with van der Waals surface area (Å²) in [4.78, 5) is 24.1. The van der Waals surface area contributed by atoms with E-state index in [4.69, 9.17) is 25.8 Å². The third-order valence-corrected chi connectivity index (χ3v) is 4.15. The smallest absolute Gasteiger partial charge is 0.340 e. The van der Waals surface area contributed by atoms with Crippen LogP contribution in [0, 0.1) is 0 Å². The third kappa shape index (κ3) is 5.39. The van der Waals surface area contributed by atoms with Crippen LogP contribution >= 0.6 is 11.6 Å². The quantitative estimate of drug-likeness (QED) is 0.501. The maximum atomic E-state index is 12.4. The maximum Gasteiger partial charge on any atom is 0.340 e. The molecule has 0 bridgehead atoms. The monoisotopic (exact) mass is 420 g/mol. The molecule has 1 amide bonds. The first-order chi connectivity index (χ1) is 13.7. The predicted octanol–water partition coefficient (Wildman–Crippen LogP) is 3.36. The lowest BCUT2D eigenvalue weighted by molar-refractivity contribution is -0.134. The van der Waals surface area contributed by atoms with Crippen LogP contribution in [0.15, 0.2) is 41.5 Å². The molecule has 0 aliphatic heterocycles. The van der Waals surface area contributed by atoms with E-state index in [-0.39, 0.29) is 22.6 Å². The Morgan fingerprint density at radius 1 is 1.10 bits per heavy atom. The molecule has 0 radical (unpaired) electrons. The Labute approximate surface area is 173 Å². The lowest BCUT2D eigenvalue weighted by Gasteiger charge is -2.24. The van der Waals surface area contributed by atoms with E-state index in [1.54, 1.807) is 44.2 Å². The van der Waals surface area contributed by atoms with Crippen molar-refractivity contribution in [1.82, 2.24) is 5.43 Å². The van der Waals surface area contributed by atoms with E-state index in [0.717, 1.165) is 0 Å². The van der Waals surface area contributed by atoms with Crippen molar-refractivity contribution in [3.8, 4) is 17.2 Å². The number of carbonyl (C=O) groups excluding carboxylic acids is 1. The van der Waals surface area contributed by atoms with Gasteiger partial charge in [-0.1, -0.05) is 11.6 Å². The normalized spacial score (nSPS) is 11.2. The molecule has 0 heterocycles. The number of benzene rings is 2. The second-order valence-electron chi connectivity index (χ2n) is 6.34. The predicted molar refractivity (Wildman–Crippen MR) is 108 cm³/mol. The van der Waals surface area contributed by atoms with Crippen molar-refractivity contribution in [2.24, 2.45) is 5.10 Å². The Morgan fingerprint density at radius 3 is 2.31 bits per heavy atom. The Bertz CT molecular complexity index is 925. The highest BCUT2D eigenvalue weighted by Crippen LogP contribution is 2.32. The molecule has 2 aromatic rings. The summed E-state index contributed by atoms with van der Waals surface area (Å²) in [7, 11) is 2.74. The summed E-state index contributed by atoms with van der Waals surface area (Å²) in [5.74, 6) is -0.960. The number of methoxy groups -OCH3 is 2. The van der Waals surface area contributed by atoms with Gasteiger partial charge in [-0.3, -0.25) is 4.79 Å². The SMILES string of the molecule is COc1ccc(/C=N\NC(=O)C(C)(C)Oc2ccc(Cl)cc2)c(C(=O)O)c1OC. The van der Waals surface area contributed by atoms with Crippen molar-refractivity contribution < 1.29 is 28.9 Å². The Kier molecular flexibility index (Phi) is 7.06. The van der Waals surface area contributed by atoms with Crippen LogP contribution in [0.3, 0.4) is 0 Å². The fraction of sp³-hybridized carbons (Fsp3) is 0.250. The van der Waals surface area contributed by atoms with Gasteiger partial charge in [0.25, 0.3) is 5.91 Å². The van der Waals surface area contributed by atoms with Crippen LogP contribution in [0.5, 0.6) is 17.2 Å². The van der Waals surface area contributed by atoms with Crippen LogP contribution in [-0.2, 0) is 4.79 Å². The molecule has 8 nitrogen and oxygen atoms in total. The summed E-state index contributed by atoms with van der Waals surface area (Å²) in [6.45, 7) is 3.15. The molecule has 2 rings (SSSR count). The molecule has 0 saturated heterocycles. The van der Waals surface area contributed by atoms with Gasteiger partial charge in [0, 0.05) is 10.6 Å². The van der Waals surface area contributed by atoms with Crippen molar-refractivity contribution in [2.45, 2.75) is 19.4 Å². The average Bonchev–Trinajstić information content (AvgIpc) is 2.68. The molecule has 0 aliphatic carbocycles. The number of aromatic carboxylic acids is 1. The minimum absolute atomic E-state index is 0.0571. The molecule has 29 heavy (non-hydrogen) atoms. The van der Waals surface area contributed by atoms with Crippen LogP contribution in [0.1, 0.15) is 29.8 Å². The molecular formula is C20H21ClN2O6. The first kappa shape index (κ1) is 22.0. The Balaban J connectivity index is 2.17. The van der Waals surface area contributed by atoms with Gasteiger partial charge in [0.2, 0.25) is 0 Å². The van der Waals surface area contributed by atoms with Gasteiger partial charge in [0.15, 0.2) is 17.1 Å². The zero-order chi connectivity index (χ0) is 21.6. The summed E-state index contributed by atoms with van der Waals surface area (Å²) in [5.41, 5.74) is 1.20. The van der Waals surface area contributed by atoms with Crippen molar-refractivity contribution in [1.29, 1.82) is 0 Å². The van der Waals surface area contributed by atoms with Crippen LogP contribution < -0.4 is 19.6 Å². The number of hydrogen-bond acceptors (Lipinski definition) is 6. The number of hydrazone groups is 1. The highest BCUT2D eigenvalue weighted by atomic mass is 35.5. The minimum atomic E-state index is -1.24. The largest absolute Gasteiger partial charge is 0.493 e. The number of halogens is 1. The van der Waals surface area contributed by atoms with Crippen LogP contribution in [0.25, 0.3) is 0 Å². The van der Waals surface area contributed by atoms with E-state index in [1.165, 1.54) is 26.5 Å². The number of ether oxygens (including phenoxy) is 3. The molecule has 0 aliphatic rings. The second kappa shape index (κ2) is 9.29. The Hall–Kier alpha value is -3.26. The zero-order valence-electron chi connectivity index (χ0n) is 16.4. The summed E-state index contributed by atoms with van der Waals surface area (Å²) in [6, 6.07) is 9.62. The van der Waals surface area contributed by atoms with E-state index in [1.807, 2.05) is 0 Å². The zero-order valence-corrected chi connectivity index (χ0v) is 17.1. The van der Waals surface area contributed by atoms with Crippen molar-refractivity contribution >= 4 is 29.7 Å². The molecule has 0 fully saturated rings. The van der Waals surface area contributed by atoms with Gasteiger partial charge < -0.3 is 19.3 Å². The number of nitrogens with zero attached hydrogens (tertiary/aromatic N) is 1. The van der Waals surface area contributed by atoms with E-state index in [0.29, 0.717) is 10.8 Å². The van der Waals surface area contributed by atoms with Gasteiger partial charge in [-0.2, -0.15) is 5.10 Å². The van der Waals surface area contributed by atoms with E-state index in [9.17, 15) is 14.7 Å². The summed E-state index contributed by atoms with van der Waals surface area (Å²) in [6.07, 6.45) is 1.21. The minimum Gasteiger partial charge on any atom is -0.493 e. The molecule has 0 unspecified atom stereocenters. The first-order valence-electron chi connectivity index (χ1n) is 8.46. The lowest BCUT2D eigenvalue weighted by Crippen LogP contribution is -2.44. The first-order valence-corrected chi connectivity index (χ1v) is 8.83. The van der Waals surface area contributed by atoms with Crippen LogP contribution in [-0.4, -0.2) is 43.0 Å². The van der Waals surface area contributed by atoms with E-state index in [2.05, 4.69) is 10.5 Å². The lowest BCUT2D eigenvalue weighted by atomic mass is 10.1. The van der Waals surface area contributed by atoms with E-state index < -0.39 is 17.5 Å². The fourth-order valence-electron chi connectivity index (χ4n) is 2.41. The topological polar surface area (TPSA) is 106 Å². The highest BCUT2D eigenvalue weighted by Gasteiger charge is 2.30. The summed E-state index contributed by atoms with van der Waals surface area (Å²) >= 11 is 5.84. The van der Waals surface area contributed by atoms with Crippen molar-refractivity contribution in [2.75, 3.05) is 14.2 Å². The summed E-state index contributed by atoms with van der Waals surface area (Å²) in [5, 5.41) is 13.9. The third-order valence-electron chi connectivity index (χ3n) is 3.89. The van der Waals surface area contributed by atoms with Crippen molar-refractivity contribution in [3.63, 3.8) is 0 Å². The molecule has 0 aromatic heterocycles. The van der Waals surface area contributed by atoms with Crippen molar-refractivity contribution in [3.05, 3.63) is 52.5 Å². The van der Waals surface area contributed by atoms with E-state index >= 15 is 0 Å². The molecule has 0 spiro atoms. The van der Waals surface area contributed by atoms with Gasteiger partial charge in [-0.25, -0.2) is 10.2 Å². The molecule has 2 N–H and O–H groups in total. The molecular weight excluding hydrogens is 400 g/mol. The number of rotatable bonds is 8. The average molecular weight is 421 g/mol. The second-order valence-corrected chi connectivity index (χ2v) is 6.77. The molecule has 2 aromatic carbocycles. The molecule has 0 saturated carbocycles. The van der Waals surface area contributed by atoms with Gasteiger partial charge in [-0.05, 0) is 50.2 Å². The van der Waals surface area contributed by atoms with Crippen LogP contribution in [0.4, 0.5) is 0 Å². The van der Waals surface area contributed by atoms with Gasteiger partial charge >= 0.3 is 5.97 Å². The number of nitrogens with one attached hydrogen (secondary N) is 1. The number of carbonyl (C=O) groups is 2. The number of carboxylic acids is 1.